The molecule has 140 valence electrons. The summed E-state index contributed by atoms with van der Waals surface area (Å²) >= 11 is 6.10. The largest absolute Gasteiger partial charge is 0.324 e. The Morgan fingerprint density at radius 1 is 1.15 bits per heavy atom. The van der Waals surface area contributed by atoms with Crippen LogP contribution in [0.4, 0.5) is 11.4 Å². The van der Waals surface area contributed by atoms with Crippen LogP contribution in [0.15, 0.2) is 42.5 Å². The van der Waals surface area contributed by atoms with Gasteiger partial charge in [-0.2, -0.15) is 0 Å². The summed E-state index contributed by atoms with van der Waals surface area (Å²) in [7, 11) is -3.65. The highest BCUT2D eigenvalue weighted by Gasteiger charge is 2.31. The van der Waals surface area contributed by atoms with E-state index in [1.807, 2.05) is 19.1 Å². The Bertz CT molecular complexity index is 896. The molecule has 0 aliphatic rings. The number of nitrogens with zero attached hydrogens (tertiary/aromatic N) is 1. The van der Waals surface area contributed by atoms with Gasteiger partial charge < -0.3 is 5.32 Å². The zero-order valence-electron chi connectivity index (χ0n) is 15.3. The maximum atomic E-state index is 12.9. The molecule has 5 nitrogen and oxygen atoms in total. The molecule has 1 amide bonds. The van der Waals surface area contributed by atoms with Crippen LogP contribution in [0.3, 0.4) is 0 Å². The molecule has 0 fully saturated rings. The molecule has 0 spiro atoms. The van der Waals surface area contributed by atoms with Gasteiger partial charge in [-0.15, -0.1) is 0 Å². The third kappa shape index (κ3) is 4.56. The number of anilines is 2. The van der Waals surface area contributed by atoms with Crippen LogP contribution < -0.4 is 9.62 Å². The molecule has 2 aromatic rings. The Labute approximate surface area is 160 Å². The molecular formula is C19H23ClN2O3S. The fourth-order valence-electron chi connectivity index (χ4n) is 2.71. The highest BCUT2D eigenvalue weighted by molar-refractivity contribution is 7.92. The molecule has 0 radical (unpaired) electrons. The molecule has 1 atom stereocenters. The van der Waals surface area contributed by atoms with Crippen LogP contribution in [0.1, 0.15) is 24.5 Å². The van der Waals surface area contributed by atoms with Gasteiger partial charge in [0.2, 0.25) is 15.9 Å². The van der Waals surface area contributed by atoms with E-state index in [1.54, 1.807) is 44.2 Å². The minimum Gasteiger partial charge on any atom is -0.324 e. The van der Waals surface area contributed by atoms with Gasteiger partial charge in [-0.3, -0.25) is 9.10 Å². The normalized spacial score (nSPS) is 12.5. The fourth-order valence-corrected chi connectivity index (χ4v) is 4.10. The van der Waals surface area contributed by atoms with E-state index in [-0.39, 0.29) is 0 Å². The van der Waals surface area contributed by atoms with E-state index in [1.165, 1.54) is 4.31 Å². The molecule has 1 N–H and O–H groups in total. The fraction of sp³-hybridized carbons (Fsp3) is 0.316. The molecule has 7 heteroatoms. The highest BCUT2D eigenvalue weighted by atomic mass is 35.5. The summed E-state index contributed by atoms with van der Waals surface area (Å²) in [6.07, 6.45) is 1.43. The summed E-state index contributed by atoms with van der Waals surface area (Å²) < 4.78 is 26.0. The number of hydrogen-bond donors (Lipinski definition) is 1. The van der Waals surface area contributed by atoms with Crippen LogP contribution >= 0.6 is 11.6 Å². The van der Waals surface area contributed by atoms with Gasteiger partial charge in [-0.1, -0.05) is 42.3 Å². The van der Waals surface area contributed by atoms with Crippen molar-refractivity contribution in [3.63, 3.8) is 0 Å². The van der Waals surface area contributed by atoms with Crippen molar-refractivity contribution in [2.45, 2.75) is 33.2 Å². The van der Waals surface area contributed by atoms with Gasteiger partial charge in [0.05, 0.1) is 11.9 Å². The summed E-state index contributed by atoms with van der Waals surface area (Å²) in [4.78, 5) is 12.9. The Morgan fingerprint density at radius 3 is 2.31 bits per heavy atom. The van der Waals surface area contributed by atoms with E-state index in [4.69, 9.17) is 11.6 Å². The quantitative estimate of drug-likeness (QED) is 0.800. The number of carbonyl (C=O) groups is 1. The number of sulfonamides is 1. The summed E-state index contributed by atoms with van der Waals surface area (Å²) in [5.41, 5.74) is 2.77. The van der Waals surface area contributed by atoms with Crippen molar-refractivity contribution in [3.8, 4) is 0 Å². The van der Waals surface area contributed by atoms with Gasteiger partial charge in [-0.05, 0) is 50.1 Å². The summed E-state index contributed by atoms with van der Waals surface area (Å²) in [6, 6.07) is 11.4. The Kier molecular flexibility index (Phi) is 6.31. The smallest absolute Gasteiger partial charge is 0.248 e. The van der Waals surface area contributed by atoms with Crippen LogP contribution in [0.25, 0.3) is 0 Å². The predicted molar refractivity (Wildman–Crippen MR) is 107 cm³/mol. The van der Waals surface area contributed by atoms with Crippen molar-refractivity contribution >= 4 is 38.9 Å². The monoisotopic (exact) mass is 394 g/mol. The average molecular weight is 395 g/mol. The second-order valence-corrected chi connectivity index (χ2v) is 8.49. The van der Waals surface area contributed by atoms with Crippen molar-refractivity contribution < 1.29 is 13.2 Å². The maximum Gasteiger partial charge on any atom is 0.248 e. The third-order valence-corrected chi connectivity index (χ3v) is 5.73. The average Bonchev–Trinajstić information content (AvgIpc) is 2.56. The Hall–Kier alpha value is -2.05. The highest BCUT2D eigenvalue weighted by Crippen LogP contribution is 2.26. The molecule has 2 aromatic carbocycles. The molecule has 2 rings (SSSR count). The van der Waals surface area contributed by atoms with E-state index in [0.29, 0.717) is 22.8 Å². The molecule has 1 unspecified atom stereocenters. The van der Waals surface area contributed by atoms with E-state index in [2.05, 4.69) is 5.32 Å². The van der Waals surface area contributed by atoms with Crippen LogP contribution in [0.5, 0.6) is 0 Å². The van der Waals surface area contributed by atoms with E-state index >= 15 is 0 Å². The number of aryl methyl sites for hydroxylation is 1. The summed E-state index contributed by atoms with van der Waals surface area (Å²) in [5.74, 6) is -0.399. The zero-order valence-corrected chi connectivity index (χ0v) is 16.9. The number of carbonyl (C=O) groups excluding carboxylic acids is 1. The van der Waals surface area contributed by atoms with Crippen LogP contribution in [0.2, 0.25) is 5.02 Å². The van der Waals surface area contributed by atoms with Crippen LogP contribution in [-0.2, 0) is 14.8 Å². The van der Waals surface area contributed by atoms with Gasteiger partial charge in [0, 0.05) is 10.7 Å². The van der Waals surface area contributed by atoms with Crippen molar-refractivity contribution in [1.29, 1.82) is 0 Å². The maximum absolute atomic E-state index is 12.9. The molecule has 0 saturated heterocycles. The lowest BCUT2D eigenvalue weighted by Crippen LogP contribution is -2.47. The van der Waals surface area contributed by atoms with Crippen molar-refractivity contribution in [3.05, 3.63) is 58.6 Å². The van der Waals surface area contributed by atoms with Gasteiger partial charge in [-0.25, -0.2) is 8.42 Å². The standard InChI is InChI=1S/C19H23ClN2O3S/c1-5-18(19(23)21-17-8-6-7-16(20)14(17)3)22(26(4,24)25)15-11-9-13(2)10-12-15/h6-12,18H,5H2,1-4H3,(H,21,23). The van der Waals surface area contributed by atoms with Crippen molar-refractivity contribution in [2.75, 3.05) is 15.9 Å². The number of benzene rings is 2. The van der Waals surface area contributed by atoms with Gasteiger partial charge in [0.1, 0.15) is 6.04 Å². The van der Waals surface area contributed by atoms with E-state index < -0.39 is 22.0 Å². The molecule has 0 aliphatic carbocycles. The molecule has 26 heavy (non-hydrogen) atoms. The van der Waals surface area contributed by atoms with Crippen LogP contribution in [-0.4, -0.2) is 26.6 Å². The summed E-state index contributed by atoms with van der Waals surface area (Å²) in [6.45, 7) is 5.50. The SMILES string of the molecule is CCC(C(=O)Nc1cccc(Cl)c1C)N(c1ccc(C)cc1)S(C)(=O)=O. The van der Waals surface area contributed by atoms with Crippen molar-refractivity contribution in [2.24, 2.45) is 0 Å². The first-order valence-electron chi connectivity index (χ1n) is 8.27. The van der Waals surface area contributed by atoms with Gasteiger partial charge >= 0.3 is 0 Å². The molecule has 0 heterocycles. The number of nitrogens with one attached hydrogen (secondary N) is 1. The van der Waals surface area contributed by atoms with Crippen LogP contribution in [0, 0.1) is 13.8 Å². The first-order chi connectivity index (χ1) is 12.1. The first-order valence-corrected chi connectivity index (χ1v) is 10.5. The molecule has 0 aromatic heterocycles. The predicted octanol–water partition coefficient (Wildman–Crippen LogP) is 4.14. The zero-order chi connectivity index (χ0) is 19.5. The lowest BCUT2D eigenvalue weighted by molar-refractivity contribution is -0.117. The van der Waals surface area contributed by atoms with Gasteiger partial charge in [0.15, 0.2) is 0 Å². The molecular weight excluding hydrogens is 372 g/mol. The minimum absolute atomic E-state index is 0.326. The molecule has 0 saturated carbocycles. The Balaban J connectivity index is 2.40. The van der Waals surface area contributed by atoms with Crippen molar-refractivity contribution in [1.82, 2.24) is 0 Å². The van der Waals surface area contributed by atoms with E-state index in [9.17, 15) is 13.2 Å². The topological polar surface area (TPSA) is 66.5 Å². The second-order valence-electron chi connectivity index (χ2n) is 6.22. The number of hydrogen-bond acceptors (Lipinski definition) is 3. The summed E-state index contributed by atoms with van der Waals surface area (Å²) in [5, 5.41) is 3.34. The second kappa shape index (κ2) is 8.10. The van der Waals surface area contributed by atoms with Gasteiger partial charge in [0.25, 0.3) is 0 Å². The lowest BCUT2D eigenvalue weighted by atomic mass is 10.1. The molecule has 0 bridgehead atoms. The number of halogens is 1. The lowest BCUT2D eigenvalue weighted by Gasteiger charge is -2.30. The minimum atomic E-state index is -3.65. The van der Waals surface area contributed by atoms with E-state index in [0.717, 1.165) is 17.4 Å². The third-order valence-electron chi connectivity index (χ3n) is 4.14. The Morgan fingerprint density at radius 2 is 1.77 bits per heavy atom. The molecule has 0 aliphatic heterocycles. The number of rotatable bonds is 6. The first kappa shape index (κ1) is 20.3. The number of amides is 1.